The number of carbonyl (C=O) groups is 1. The average molecular weight is 316 g/mol. The highest BCUT2D eigenvalue weighted by atomic mass is 16.2. The first-order chi connectivity index (χ1) is 11.1. The van der Waals surface area contributed by atoms with Gasteiger partial charge >= 0.3 is 0 Å². The second-order valence-electron chi connectivity index (χ2n) is 7.11. The number of aromatic nitrogens is 2. The van der Waals surface area contributed by atoms with E-state index in [1.165, 1.54) is 32.1 Å². The molecule has 1 unspecified atom stereocenters. The van der Waals surface area contributed by atoms with Crippen LogP contribution in [-0.2, 0) is 0 Å². The van der Waals surface area contributed by atoms with Gasteiger partial charge in [-0.15, -0.1) is 0 Å². The van der Waals surface area contributed by atoms with Crippen LogP contribution in [0.5, 0.6) is 0 Å². The summed E-state index contributed by atoms with van der Waals surface area (Å²) in [6.45, 7) is 6.81. The van der Waals surface area contributed by atoms with Gasteiger partial charge in [0.05, 0.1) is 0 Å². The molecule has 1 aromatic heterocycles. The minimum absolute atomic E-state index is 0.0726. The number of aryl methyl sites for hydroxylation is 1. The third kappa shape index (κ3) is 3.39. The molecule has 126 valence electrons. The third-order valence-electron chi connectivity index (χ3n) is 5.74. The zero-order valence-corrected chi connectivity index (χ0v) is 14.6. The number of carbonyl (C=O) groups excluding carboxylic acids is 1. The smallest absolute Gasteiger partial charge is 0.272 e. The minimum Gasteiger partial charge on any atom is -0.337 e. The summed E-state index contributed by atoms with van der Waals surface area (Å²) in [6, 6.07) is 0.712. The maximum absolute atomic E-state index is 12.7. The van der Waals surface area contributed by atoms with E-state index < -0.39 is 0 Å². The van der Waals surface area contributed by atoms with Crippen molar-refractivity contribution < 1.29 is 4.79 Å². The van der Waals surface area contributed by atoms with Crippen LogP contribution in [0.1, 0.15) is 53.8 Å². The Balaban J connectivity index is 1.62. The molecule has 0 spiro atoms. The molecule has 0 radical (unpaired) electrons. The molecule has 5 heteroatoms. The number of nitrogens with zero attached hydrogens (tertiary/aromatic N) is 4. The monoisotopic (exact) mass is 316 g/mol. The highest BCUT2D eigenvalue weighted by Gasteiger charge is 2.32. The van der Waals surface area contributed by atoms with Crippen LogP contribution >= 0.6 is 0 Å². The quantitative estimate of drug-likeness (QED) is 0.841. The summed E-state index contributed by atoms with van der Waals surface area (Å²) in [5.74, 6) is 0.807. The van der Waals surface area contributed by atoms with E-state index in [1.54, 1.807) is 0 Å². The molecule has 1 amide bonds. The van der Waals surface area contributed by atoms with Crippen LogP contribution in [-0.4, -0.2) is 58.4 Å². The van der Waals surface area contributed by atoms with Crippen molar-refractivity contribution in [2.24, 2.45) is 5.92 Å². The maximum atomic E-state index is 12.7. The van der Waals surface area contributed by atoms with Crippen LogP contribution < -0.4 is 0 Å². The van der Waals surface area contributed by atoms with Crippen LogP contribution in [0.15, 0.2) is 6.33 Å². The van der Waals surface area contributed by atoms with Crippen molar-refractivity contribution >= 4 is 5.91 Å². The van der Waals surface area contributed by atoms with Crippen LogP contribution in [0.25, 0.3) is 0 Å². The van der Waals surface area contributed by atoms with Crippen molar-refractivity contribution in [2.45, 2.75) is 52.0 Å². The molecule has 3 heterocycles. The number of hydrogen-bond acceptors (Lipinski definition) is 4. The fourth-order valence-corrected chi connectivity index (χ4v) is 4.09. The summed E-state index contributed by atoms with van der Waals surface area (Å²) >= 11 is 0. The lowest BCUT2D eigenvalue weighted by atomic mass is 9.84. The Kier molecular flexibility index (Phi) is 4.95. The predicted octanol–water partition coefficient (Wildman–Crippen LogP) is 2.43. The number of likely N-dealkylation sites (tertiary alicyclic amines) is 2. The van der Waals surface area contributed by atoms with Gasteiger partial charge in [0, 0.05) is 30.4 Å². The lowest BCUT2D eigenvalue weighted by molar-refractivity contribution is 0.0549. The molecule has 23 heavy (non-hydrogen) atoms. The second-order valence-corrected chi connectivity index (χ2v) is 7.11. The Morgan fingerprint density at radius 1 is 1.09 bits per heavy atom. The van der Waals surface area contributed by atoms with Crippen molar-refractivity contribution in [3.8, 4) is 0 Å². The Labute approximate surface area is 139 Å². The van der Waals surface area contributed by atoms with Crippen molar-refractivity contribution in [1.82, 2.24) is 19.8 Å². The van der Waals surface area contributed by atoms with Gasteiger partial charge in [-0.2, -0.15) is 0 Å². The normalized spacial score (nSPS) is 24.0. The summed E-state index contributed by atoms with van der Waals surface area (Å²) in [5.41, 5.74) is 2.37. The highest BCUT2D eigenvalue weighted by Crippen LogP contribution is 2.30. The van der Waals surface area contributed by atoms with Crippen LogP contribution in [0, 0.1) is 19.8 Å². The molecule has 2 aliphatic heterocycles. The number of rotatable bonds is 2. The number of amides is 1. The van der Waals surface area contributed by atoms with Gasteiger partial charge in [-0.05, 0) is 59.0 Å². The van der Waals surface area contributed by atoms with E-state index >= 15 is 0 Å². The predicted molar refractivity (Wildman–Crippen MR) is 90.4 cm³/mol. The standard InChI is InChI=1S/C18H28N4O/c1-13-14(2)19-12-20-17(13)18(23)22-10-7-15(8-11-22)16-6-4-5-9-21(16)3/h12,15-16H,4-11H2,1-3H3. The molecule has 1 atom stereocenters. The molecule has 5 nitrogen and oxygen atoms in total. The molecule has 2 saturated heterocycles. The summed E-state index contributed by atoms with van der Waals surface area (Å²) in [7, 11) is 2.26. The zero-order chi connectivity index (χ0) is 16.4. The largest absolute Gasteiger partial charge is 0.337 e. The van der Waals surface area contributed by atoms with E-state index in [4.69, 9.17) is 0 Å². The molecule has 1 aromatic rings. The third-order valence-corrected chi connectivity index (χ3v) is 5.74. The van der Waals surface area contributed by atoms with Crippen LogP contribution in [0.4, 0.5) is 0 Å². The summed E-state index contributed by atoms with van der Waals surface area (Å²) < 4.78 is 0. The van der Waals surface area contributed by atoms with Gasteiger partial charge in [-0.3, -0.25) is 4.79 Å². The van der Waals surface area contributed by atoms with Gasteiger partial charge < -0.3 is 9.80 Å². The highest BCUT2D eigenvalue weighted by molar-refractivity contribution is 5.93. The molecule has 2 aliphatic rings. The number of hydrogen-bond donors (Lipinski definition) is 0. The molecular weight excluding hydrogens is 288 g/mol. The Morgan fingerprint density at radius 2 is 1.83 bits per heavy atom. The lowest BCUT2D eigenvalue weighted by Crippen LogP contribution is -2.47. The zero-order valence-electron chi connectivity index (χ0n) is 14.6. The van der Waals surface area contributed by atoms with E-state index in [1.807, 2.05) is 18.7 Å². The van der Waals surface area contributed by atoms with E-state index in [0.717, 1.165) is 43.1 Å². The molecule has 2 fully saturated rings. The molecule has 0 saturated carbocycles. The van der Waals surface area contributed by atoms with Crippen molar-refractivity contribution in [3.05, 3.63) is 23.3 Å². The fourth-order valence-electron chi connectivity index (χ4n) is 4.09. The van der Waals surface area contributed by atoms with Gasteiger partial charge in [0.1, 0.15) is 12.0 Å². The molecule has 3 rings (SSSR count). The topological polar surface area (TPSA) is 49.3 Å². The van der Waals surface area contributed by atoms with Gasteiger partial charge in [-0.1, -0.05) is 6.42 Å². The first kappa shape index (κ1) is 16.4. The minimum atomic E-state index is 0.0726. The Bertz CT molecular complexity index is 566. The first-order valence-electron chi connectivity index (χ1n) is 8.85. The summed E-state index contributed by atoms with van der Waals surface area (Å²) in [4.78, 5) is 25.6. The second kappa shape index (κ2) is 6.95. The lowest BCUT2D eigenvalue weighted by Gasteiger charge is -2.42. The van der Waals surface area contributed by atoms with Crippen molar-refractivity contribution in [2.75, 3.05) is 26.7 Å². The van der Waals surface area contributed by atoms with E-state index in [9.17, 15) is 4.79 Å². The fraction of sp³-hybridized carbons (Fsp3) is 0.722. The molecular formula is C18H28N4O. The van der Waals surface area contributed by atoms with Crippen LogP contribution in [0.2, 0.25) is 0 Å². The van der Waals surface area contributed by atoms with Crippen molar-refractivity contribution in [3.63, 3.8) is 0 Å². The van der Waals surface area contributed by atoms with Gasteiger partial charge in [0.25, 0.3) is 5.91 Å². The first-order valence-corrected chi connectivity index (χ1v) is 8.85. The SMILES string of the molecule is Cc1ncnc(C(=O)N2CCC(C3CCCCN3C)CC2)c1C. The van der Waals surface area contributed by atoms with Gasteiger partial charge in [-0.25, -0.2) is 9.97 Å². The average Bonchev–Trinajstić information content (AvgIpc) is 2.57. The van der Waals surface area contributed by atoms with Crippen LogP contribution in [0.3, 0.4) is 0 Å². The molecule has 0 aromatic carbocycles. The Morgan fingerprint density at radius 3 is 2.52 bits per heavy atom. The van der Waals surface area contributed by atoms with E-state index in [2.05, 4.69) is 21.9 Å². The van der Waals surface area contributed by atoms with Gasteiger partial charge in [0.2, 0.25) is 0 Å². The van der Waals surface area contributed by atoms with E-state index in [-0.39, 0.29) is 5.91 Å². The molecule has 0 N–H and O–H groups in total. The van der Waals surface area contributed by atoms with Gasteiger partial charge in [0.15, 0.2) is 0 Å². The maximum Gasteiger partial charge on any atom is 0.272 e. The van der Waals surface area contributed by atoms with Crippen molar-refractivity contribution in [1.29, 1.82) is 0 Å². The molecule has 0 aliphatic carbocycles. The summed E-state index contributed by atoms with van der Waals surface area (Å²) in [5, 5.41) is 0. The Hall–Kier alpha value is -1.49. The molecule has 0 bridgehead atoms. The summed E-state index contributed by atoms with van der Waals surface area (Å²) in [6.07, 6.45) is 7.73. The number of piperidine rings is 2. The van der Waals surface area contributed by atoms with E-state index in [0.29, 0.717) is 11.7 Å².